The molecule has 0 aliphatic heterocycles. The number of hydrogen-bond donors (Lipinski definition) is 6. The maximum Gasteiger partial charge on any atom is 0.276 e. The quantitative estimate of drug-likeness (QED) is 0.301. The van der Waals surface area contributed by atoms with Gasteiger partial charge in [0.25, 0.3) is 11.1 Å². The average molecular weight is 314 g/mol. The topological polar surface area (TPSA) is 196 Å². The van der Waals surface area contributed by atoms with E-state index in [0.717, 1.165) is 21.6 Å². The van der Waals surface area contributed by atoms with Gasteiger partial charge >= 0.3 is 0 Å². The Bertz CT molecular complexity index is 705. The molecule has 0 amide bonds. The second-order valence-electron chi connectivity index (χ2n) is 3.51. The van der Waals surface area contributed by atoms with Crippen molar-refractivity contribution >= 4 is 44.6 Å². The molecular formula is C8H10N8O2S2. The zero-order valence-corrected chi connectivity index (χ0v) is 11.5. The van der Waals surface area contributed by atoms with E-state index < -0.39 is 11.1 Å². The van der Waals surface area contributed by atoms with E-state index in [9.17, 15) is 9.59 Å². The van der Waals surface area contributed by atoms with Crippen molar-refractivity contribution in [2.45, 2.75) is 10.3 Å². The van der Waals surface area contributed by atoms with Gasteiger partial charge in [-0.15, -0.1) is 0 Å². The summed E-state index contributed by atoms with van der Waals surface area (Å²) in [5.74, 6) is -0.148. The first-order chi connectivity index (χ1) is 9.38. The number of nitrogen functional groups attached to an aromatic ring is 4. The van der Waals surface area contributed by atoms with Crippen molar-refractivity contribution in [3.63, 3.8) is 0 Å². The van der Waals surface area contributed by atoms with E-state index >= 15 is 0 Å². The lowest BCUT2D eigenvalue weighted by atomic mass is 10.5. The van der Waals surface area contributed by atoms with E-state index in [0.29, 0.717) is 0 Å². The van der Waals surface area contributed by atoms with Crippen molar-refractivity contribution in [3.05, 3.63) is 20.7 Å². The van der Waals surface area contributed by atoms with Crippen LogP contribution in [0, 0.1) is 0 Å². The first-order valence-electron chi connectivity index (χ1n) is 5.03. The summed E-state index contributed by atoms with van der Waals surface area (Å²) in [6.45, 7) is 0. The lowest BCUT2D eigenvalue weighted by Gasteiger charge is -2.04. The Labute approximate surface area is 119 Å². The normalized spacial score (nSPS) is 10.6. The molecule has 0 spiro atoms. The summed E-state index contributed by atoms with van der Waals surface area (Å²) in [5.41, 5.74) is 20.3. The lowest BCUT2D eigenvalue weighted by molar-refractivity contribution is 0.949. The van der Waals surface area contributed by atoms with Crippen LogP contribution < -0.4 is 34.1 Å². The van der Waals surface area contributed by atoms with Crippen molar-refractivity contribution in [1.82, 2.24) is 19.9 Å². The summed E-state index contributed by atoms with van der Waals surface area (Å²) in [7, 11) is 2.04. The van der Waals surface area contributed by atoms with E-state index in [1.165, 1.54) is 0 Å². The Hall–Kier alpha value is -2.34. The second-order valence-corrected chi connectivity index (χ2v) is 5.61. The fourth-order valence-electron chi connectivity index (χ4n) is 1.11. The van der Waals surface area contributed by atoms with Crippen LogP contribution in [0.3, 0.4) is 0 Å². The lowest BCUT2D eigenvalue weighted by Crippen LogP contribution is -2.17. The van der Waals surface area contributed by atoms with E-state index in [1.54, 1.807) is 0 Å². The van der Waals surface area contributed by atoms with Gasteiger partial charge in [-0.2, -0.15) is 0 Å². The number of nitrogens with one attached hydrogen (secondary N) is 2. The molecule has 2 rings (SSSR count). The van der Waals surface area contributed by atoms with Crippen molar-refractivity contribution in [2.24, 2.45) is 0 Å². The molecule has 0 saturated heterocycles. The highest BCUT2D eigenvalue weighted by Crippen LogP contribution is 2.33. The number of nitrogens with two attached hydrogens (primary N) is 4. The molecule has 20 heavy (non-hydrogen) atoms. The van der Waals surface area contributed by atoms with E-state index in [-0.39, 0.29) is 33.3 Å². The smallest absolute Gasteiger partial charge is 0.276 e. The third-order valence-electron chi connectivity index (χ3n) is 2.13. The number of hydrogen-bond acceptors (Lipinski definition) is 10. The number of aromatic amines is 2. The minimum Gasteiger partial charge on any atom is -0.391 e. The number of H-pyrrole nitrogens is 2. The van der Waals surface area contributed by atoms with Gasteiger partial charge in [0.2, 0.25) is 0 Å². The third kappa shape index (κ3) is 2.80. The Morgan fingerprint density at radius 3 is 1.40 bits per heavy atom. The van der Waals surface area contributed by atoms with Gasteiger partial charge in [0.05, 0.1) is 0 Å². The Morgan fingerprint density at radius 1 is 0.750 bits per heavy atom. The first-order valence-corrected chi connectivity index (χ1v) is 7.18. The molecule has 2 aromatic rings. The van der Waals surface area contributed by atoms with E-state index in [1.807, 2.05) is 0 Å². The Kier molecular flexibility index (Phi) is 3.76. The van der Waals surface area contributed by atoms with Crippen LogP contribution in [0.15, 0.2) is 19.9 Å². The van der Waals surface area contributed by atoms with Gasteiger partial charge in [0.1, 0.15) is 11.4 Å². The van der Waals surface area contributed by atoms with Gasteiger partial charge in [0.15, 0.2) is 21.9 Å². The monoisotopic (exact) mass is 314 g/mol. The van der Waals surface area contributed by atoms with Crippen molar-refractivity contribution in [3.8, 4) is 0 Å². The fourth-order valence-corrected chi connectivity index (χ4v) is 2.76. The molecule has 0 saturated carbocycles. The zero-order valence-electron chi connectivity index (χ0n) is 9.84. The number of rotatable bonds is 3. The van der Waals surface area contributed by atoms with Crippen LogP contribution in [0.25, 0.3) is 0 Å². The molecule has 106 valence electrons. The summed E-state index contributed by atoms with van der Waals surface area (Å²) in [6, 6.07) is 0. The maximum absolute atomic E-state index is 11.4. The number of nitrogens with zero attached hydrogens (tertiary/aromatic N) is 2. The predicted molar refractivity (Wildman–Crippen MR) is 79.1 cm³/mol. The van der Waals surface area contributed by atoms with Crippen LogP contribution in [0.4, 0.5) is 23.0 Å². The first kappa shape index (κ1) is 14.1. The highest BCUT2D eigenvalue weighted by molar-refractivity contribution is 8.76. The number of aromatic nitrogens is 4. The van der Waals surface area contributed by atoms with E-state index in [2.05, 4.69) is 19.9 Å². The molecule has 0 aromatic carbocycles. The molecule has 0 aliphatic carbocycles. The summed E-state index contributed by atoms with van der Waals surface area (Å²) in [6.07, 6.45) is 0. The summed E-state index contributed by atoms with van der Waals surface area (Å²) < 4.78 is 0. The average Bonchev–Trinajstić information content (AvgIpc) is 2.39. The maximum atomic E-state index is 11.4. The van der Waals surface area contributed by atoms with Gasteiger partial charge < -0.3 is 22.9 Å². The molecule has 0 radical (unpaired) electrons. The van der Waals surface area contributed by atoms with Gasteiger partial charge in [-0.25, -0.2) is 9.97 Å². The van der Waals surface area contributed by atoms with E-state index in [4.69, 9.17) is 22.9 Å². The Morgan fingerprint density at radius 2 is 1.10 bits per heavy atom. The molecule has 2 aromatic heterocycles. The van der Waals surface area contributed by atoms with Crippen LogP contribution in [0.2, 0.25) is 0 Å². The predicted octanol–water partition coefficient (Wildman–Crippen LogP) is -1.02. The summed E-state index contributed by atoms with van der Waals surface area (Å²) in [4.78, 5) is 35.4. The third-order valence-corrected chi connectivity index (χ3v) is 4.11. The standard InChI is InChI=1S/C8H10N8O2S2/c9-1-3(11)13-7(15-5(1)17)19-20-8-14-4(12)2(10)6(18)16-8/h9-10H2,(H3,11,13,15,17)(H3,12,14,16,18). The molecule has 0 unspecified atom stereocenters. The largest absolute Gasteiger partial charge is 0.391 e. The van der Waals surface area contributed by atoms with Gasteiger partial charge in [0, 0.05) is 0 Å². The molecular weight excluding hydrogens is 304 g/mol. The molecule has 0 atom stereocenters. The SMILES string of the molecule is Nc1nc(SSc2nc(N)c(N)c(=O)[nH]2)[nH]c(=O)c1N. The van der Waals surface area contributed by atoms with Crippen LogP contribution in [0.1, 0.15) is 0 Å². The molecule has 0 fully saturated rings. The molecule has 0 aliphatic rings. The fraction of sp³-hybridized carbons (Fsp3) is 0. The Balaban J connectivity index is 2.21. The van der Waals surface area contributed by atoms with Crippen LogP contribution in [0.5, 0.6) is 0 Å². The molecule has 10 nitrogen and oxygen atoms in total. The highest BCUT2D eigenvalue weighted by Gasteiger charge is 2.09. The zero-order chi connectivity index (χ0) is 14.9. The van der Waals surface area contributed by atoms with Gasteiger partial charge in [-0.1, -0.05) is 0 Å². The molecule has 12 heteroatoms. The highest BCUT2D eigenvalue weighted by atomic mass is 33.1. The minimum absolute atomic E-state index is 0.0740. The second kappa shape index (κ2) is 5.34. The van der Waals surface area contributed by atoms with Crippen LogP contribution >= 0.6 is 21.6 Å². The molecule has 0 bridgehead atoms. The van der Waals surface area contributed by atoms with Crippen LogP contribution in [-0.4, -0.2) is 19.9 Å². The van der Waals surface area contributed by atoms with Crippen molar-refractivity contribution in [2.75, 3.05) is 22.9 Å². The molecule has 10 N–H and O–H groups in total. The minimum atomic E-state index is -0.543. The summed E-state index contributed by atoms with van der Waals surface area (Å²) in [5, 5.41) is 0.425. The number of anilines is 4. The molecule has 2 heterocycles. The van der Waals surface area contributed by atoms with Gasteiger partial charge in [-0.3, -0.25) is 19.6 Å². The van der Waals surface area contributed by atoms with Crippen LogP contribution in [-0.2, 0) is 0 Å². The van der Waals surface area contributed by atoms with Crippen molar-refractivity contribution < 1.29 is 0 Å². The van der Waals surface area contributed by atoms with Gasteiger partial charge in [-0.05, 0) is 21.6 Å². The van der Waals surface area contributed by atoms with Crippen molar-refractivity contribution in [1.29, 1.82) is 0 Å². The summed E-state index contributed by atoms with van der Waals surface area (Å²) >= 11 is 0.